The summed E-state index contributed by atoms with van der Waals surface area (Å²) in [5.74, 6) is -1.39. The van der Waals surface area contributed by atoms with Gasteiger partial charge in [0.2, 0.25) is 11.1 Å². The van der Waals surface area contributed by atoms with Gasteiger partial charge in [0.1, 0.15) is 11.6 Å². The number of amides is 1. The molecular formula is C20H10ClF2N3O2S2. The fraction of sp³-hybridized carbons (Fsp3) is 0. The zero-order valence-corrected chi connectivity index (χ0v) is 17.3. The fourth-order valence-electron chi connectivity index (χ4n) is 2.58. The third-order valence-corrected chi connectivity index (χ3v) is 5.44. The molecule has 1 aliphatic heterocycles. The van der Waals surface area contributed by atoms with Crippen molar-refractivity contribution in [1.82, 2.24) is 9.97 Å². The zero-order chi connectivity index (χ0) is 21.3. The van der Waals surface area contributed by atoms with E-state index in [2.05, 4.69) is 9.97 Å². The zero-order valence-electron chi connectivity index (χ0n) is 14.9. The average molecular weight is 462 g/mol. The van der Waals surface area contributed by atoms with Crippen LogP contribution in [-0.2, 0) is 4.79 Å². The molecule has 5 nitrogen and oxygen atoms in total. The molecule has 0 radical (unpaired) electrons. The maximum atomic E-state index is 13.7. The Kier molecular flexibility index (Phi) is 5.76. The summed E-state index contributed by atoms with van der Waals surface area (Å²) in [6.45, 7) is 0. The van der Waals surface area contributed by atoms with Crippen molar-refractivity contribution in [3.05, 3.63) is 82.1 Å². The van der Waals surface area contributed by atoms with E-state index in [9.17, 15) is 13.6 Å². The Balaban J connectivity index is 1.52. The van der Waals surface area contributed by atoms with Crippen molar-refractivity contribution in [3.8, 4) is 11.6 Å². The third kappa shape index (κ3) is 4.33. The number of benzene rings is 2. The smallest absolute Gasteiger partial charge is 0.270 e. The number of aromatic nitrogens is 2. The van der Waals surface area contributed by atoms with E-state index >= 15 is 0 Å². The van der Waals surface area contributed by atoms with Crippen molar-refractivity contribution in [2.75, 3.05) is 4.90 Å². The van der Waals surface area contributed by atoms with E-state index in [1.54, 1.807) is 30.3 Å². The lowest BCUT2D eigenvalue weighted by molar-refractivity contribution is -0.113. The first kappa shape index (κ1) is 20.4. The predicted octanol–water partition coefficient (Wildman–Crippen LogP) is 5.61. The molecule has 2 aromatic carbocycles. The lowest BCUT2D eigenvalue weighted by atomic mass is 10.2. The van der Waals surface area contributed by atoms with Gasteiger partial charge in [0.05, 0.1) is 16.8 Å². The quantitative estimate of drug-likeness (QED) is 0.286. The summed E-state index contributed by atoms with van der Waals surface area (Å²) in [6, 6.07) is 12.1. The number of halogens is 3. The minimum atomic E-state index is -0.743. The summed E-state index contributed by atoms with van der Waals surface area (Å²) in [5, 5.41) is -0.133. The highest BCUT2D eigenvalue weighted by atomic mass is 35.5. The van der Waals surface area contributed by atoms with Gasteiger partial charge in [0, 0.05) is 0 Å². The highest BCUT2D eigenvalue weighted by Gasteiger charge is 2.33. The normalized spacial score (nSPS) is 15.2. The Morgan fingerprint density at radius 1 is 1.10 bits per heavy atom. The number of hydrogen-bond acceptors (Lipinski definition) is 6. The van der Waals surface area contributed by atoms with Crippen molar-refractivity contribution < 1.29 is 18.3 Å². The van der Waals surface area contributed by atoms with Gasteiger partial charge in [-0.25, -0.2) is 9.37 Å². The van der Waals surface area contributed by atoms with Crippen LogP contribution >= 0.6 is 35.6 Å². The van der Waals surface area contributed by atoms with E-state index in [0.29, 0.717) is 26.2 Å². The molecule has 4 rings (SSSR count). The van der Waals surface area contributed by atoms with E-state index in [0.717, 1.165) is 18.0 Å². The molecule has 0 bridgehead atoms. The Hall–Kier alpha value is -2.88. The summed E-state index contributed by atoms with van der Waals surface area (Å²) >= 11 is 12.1. The summed E-state index contributed by atoms with van der Waals surface area (Å²) in [6.07, 6.45) is 2.59. The van der Waals surface area contributed by atoms with Gasteiger partial charge in [-0.2, -0.15) is 9.37 Å². The van der Waals surface area contributed by atoms with Gasteiger partial charge >= 0.3 is 0 Å². The van der Waals surface area contributed by atoms with Crippen LogP contribution in [0.25, 0.3) is 6.08 Å². The standard InChI is InChI=1S/C20H10ClF2N3O2S2/c21-19-24-10-15(23)17(25-19)28-14-7-1-11(2-8-14)9-16-18(27)26(20(29)30-16)13-5-3-12(22)4-6-13/h1-10H/b16-9+. The van der Waals surface area contributed by atoms with Crippen LogP contribution in [0, 0.1) is 11.6 Å². The molecule has 1 saturated heterocycles. The summed E-state index contributed by atoms with van der Waals surface area (Å²) < 4.78 is 32.6. The second kappa shape index (κ2) is 8.47. The molecule has 0 atom stereocenters. The van der Waals surface area contributed by atoms with Crippen LogP contribution in [0.4, 0.5) is 14.5 Å². The summed E-state index contributed by atoms with van der Waals surface area (Å²) in [7, 11) is 0. The number of thiocarbonyl (C=S) groups is 1. The Bertz CT molecular complexity index is 1170. The Morgan fingerprint density at radius 3 is 2.50 bits per heavy atom. The first-order valence-electron chi connectivity index (χ1n) is 8.40. The number of thioether (sulfide) groups is 1. The summed E-state index contributed by atoms with van der Waals surface area (Å²) in [4.78, 5) is 21.7. The third-order valence-electron chi connectivity index (χ3n) is 3.95. The molecule has 0 N–H and O–H groups in total. The van der Waals surface area contributed by atoms with Crippen LogP contribution in [0.15, 0.2) is 59.6 Å². The first-order valence-corrected chi connectivity index (χ1v) is 10.0. The van der Waals surface area contributed by atoms with Gasteiger partial charge in [-0.15, -0.1) is 0 Å². The molecule has 2 heterocycles. The predicted molar refractivity (Wildman–Crippen MR) is 116 cm³/mol. The molecule has 10 heteroatoms. The monoisotopic (exact) mass is 461 g/mol. The van der Waals surface area contributed by atoms with Crippen molar-refractivity contribution in [2.24, 2.45) is 0 Å². The highest BCUT2D eigenvalue weighted by molar-refractivity contribution is 8.27. The van der Waals surface area contributed by atoms with Gasteiger partial charge < -0.3 is 4.74 Å². The molecule has 0 aliphatic carbocycles. The van der Waals surface area contributed by atoms with Gasteiger partial charge in [-0.1, -0.05) is 36.1 Å². The molecule has 30 heavy (non-hydrogen) atoms. The van der Waals surface area contributed by atoms with E-state index in [1.807, 2.05) is 0 Å². The largest absolute Gasteiger partial charge is 0.436 e. The SMILES string of the molecule is O=C1/C(=C\c2ccc(Oc3nc(Cl)ncc3F)cc2)SC(=S)N1c1ccc(F)cc1. The minimum absolute atomic E-state index is 0.133. The van der Waals surface area contributed by atoms with E-state index in [-0.39, 0.29) is 17.1 Å². The van der Waals surface area contributed by atoms with Gasteiger partial charge in [0.25, 0.3) is 11.8 Å². The lowest BCUT2D eigenvalue weighted by Gasteiger charge is -2.14. The van der Waals surface area contributed by atoms with Crippen LogP contribution in [0.3, 0.4) is 0 Å². The van der Waals surface area contributed by atoms with E-state index in [4.69, 9.17) is 28.6 Å². The van der Waals surface area contributed by atoms with E-state index < -0.39 is 11.6 Å². The van der Waals surface area contributed by atoms with Gasteiger partial charge in [-0.3, -0.25) is 9.69 Å². The molecule has 0 saturated carbocycles. The lowest BCUT2D eigenvalue weighted by Crippen LogP contribution is -2.27. The molecule has 3 aromatic rings. The van der Waals surface area contributed by atoms with Crippen molar-refractivity contribution in [3.63, 3.8) is 0 Å². The second-order valence-corrected chi connectivity index (χ2v) is 7.97. The Morgan fingerprint density at radius 2 is 1.80 bits per heavy atom. The van der Waals surface area contributed by atoms with Crippen LogP contribution in [0.5, 0.6) is 11.6 Å². The van der Waals surface area contributed by atoms with Crippen molar-refractivity contribution in [2.45, 2.75) is 0 Å². The number of anilines is 1. The Labute approximate surface area is 184 Å². The van der Waals surface area contributed by atoms with Gasteiger partial charge in [-0.05, 0) is 59.6 Å². The number of hydrogen-bond donors (Lipinski definition) is 0. The molecule has 1 aromatic heterocycles. The van der Waals surface area contributed by atoms with Crippen LogP contribution in [-0.4, -0.2) is 20.2 Å². The number of rotatable bonds is 4. The van der Waals surface area contributed by atoms with E-state index in [1.165, 1.54) is 29.2 Å². The van der Waals surface area contributed by atoms with Crippen molar-refractivity contribution >= 4 is 57.6 Å². The number of carbonyl (C=O) groups is 1. The van der Waals surface area contributed by atoms with Crippen molar-refractivity contribution in [1.29, 1.82) is 0 Å². The van der Waals surface area contributed by atoms with Gasteiger partial charge in [0.15, 0.2) is 4.32 Å². The van der Waals surface area contributed by atoms with Crippen LogP contribution in [0.2, 0.25) is 5.28 Å². The molecule has 0 unspecified atom stereocenters. The maximum absolute atomic E-state index is 13.7. The van der Waals surface area contributed by atoms with Crippen LogP contribution < -0.4 is 9.64 Å². The molecule has 1 amide bonds. The average Bonchev–Trinajstić information content (AvgIpc) is 3.00. The maximum Gasteiger partial charge on any atom is 0.270 e. The molecule has 1 fully saturated rings. The van der Waals surface area contributed by atoms with Crippen LogP contribution in [0.1, 0.15) is 5.56 Å². The summed E-state index contributed by atoms with van der Waals surface area (Å²) in [5.41, 5.74) is 1.21. The topological polar surface area (TPSA) is 55.3 Å². The number of ether oxygens (including phenoxy) is 1. The molecular weight excluding hydrogens is 452 g/mol. The minimum Gasteiger partial charge on any atom is -0.436 e. The molecule has 0 spiro atoms. The second-order valence-electron chi connectivity index (χ2n) is 5.96. The number of carbonyl (C=O) groups excluding carboxylic acids is 1. The fourth-order valence-corrected chi connectivity index (χ4v) is 4.00. The first-order chi connectivity index (χ1) is 14.4. The molecule has 150 valence electrons. The number of nitrogens with zero attached hydrogens (tertiary/aromatic N) is 3. The highest BCUT2D eigenvalue weighted by Crippen LogP contribution is 2.36. The molecule has 1 aliphatic rings.